The molecule has 0 unspecified atom stereocenters. The van der Waals surface area contributed by atoms with E-state index >= 15 is 0 Å². The molecule has 0 aromatic carbocycles. The van der Waals surface area contributed by atoms with Gasteiger partial charge in [0.1, 0.15) is 0 Å². The lowest BCUT2D eigenvalue weighted by Gasteiger charge is -2.07. The van der Waals surface area contributed by atoms with Crippen LogP contribution in [-0.2, 0) is 6.54 Å². The number of halogens is 2. The van der Waals surface area contributed by atoms with Gasteiger partial charge in [-0.15, -0.1) is 0 Å². The van der Waals surface area contributed by atoms with Crippen LogP contribution in [0.4, 0.5) is 0 Å². The van der Waals surface area contributed by atoms with Gasteiger partial charge in [-0.2, -0.15) is 0 Å². The summed E-state index contributed by atoms with van der Waals surface area (Å²) in [6, 6.07) is 3.77. The summed E-state index contributed by atoms with van der Waals surface area (Å²) in [5, 5.41) is 0. The zero-order chi connectivity index (χ0) is 12.4. The number of hydrogen-bond donors (Lipinski definition) is 0. The largest absolute Gasteiger partial charge is 0.309 e. The average molecular weight is 358 g/mol. The number of aryl methyl sites for hydroxylation is 1. The van der Waals surface area contributed by atoms with Crippen molar-refractivity contribution in [3.63, 3.8) is 0 Å². The van der Waals surface area contributed by atoms with Gasteiger partial charge in [0, 0.05) is 23.1 Å². The molecule has 2 aromatic rings. The van der Waals surface area contributed by atoms with E-state index in [2.05, 4.69) is 36.8 Å². The number of pyridine rings is 2. The SMILES string of the molecule is Cc1cncc(Cn2cc(Br)cc(Br)c2=O)c1. The van der Waals surface area contributed by atoms with Gasteiger partial charge in [0.15, 0.2) is 0 Å². The van der Waals surface area contributed by atoms with E-state index in [9.17, 15) is 4.79 Å². The molecule has 3 nitrogen and oxygen atoms in total. The third-order valence-corrected chi connectivity index (χ3v) is 3.30. The highest BCUT2D eigenvalue weighted by Gasteiger charge is 2.04. The van der Waals surface area contributed by atoms with Crippen molar-refractivity contribution in [2.75, 3.05) is 0 Å². The minimum atomic E-state index is -0.0466. The summed E-state index contributed by atoms with van der Waals surface area (Å²) < 4.78 is 3.06. The molecule has 0 saturated heterocycles. The molecule has 0 fully saturated rings. The molecule has 0 spiro atoms. The Balaban J connectivity index is 2.40. The molecule has 0 atom stereocenters. The fourth-order valence-corrected chi connectivity index (χ4v) is 2.84. The summed E-state index contributed by atoms with van der Waals surface area (Å²) in [5.74, 6) is 0. The van der Waals surface area contributed by atoms with Gasteiger partial charge in [0.25, 0.3) is 5.56 Å². The number of hydrogen-bond acceptors (Lipinski definition) is 2. The second kappa shape index (κ2) is 5.14. The summed E-state index contributed by atoms with van der Waals surface area (Å²) in [6.07, 6.45) is 5.34. The van der Waals surface area contributed by atoms with E-state index in [1.165, 1.54) is 0 Å². The van der Waals surface area contributed by atoms with Crippen LogP contribution in [-0.4, -0.2) is 9.55 Å². The first-order chi connectivity index (χ1) is 8.06. The topological polar surface area (TPSA) is 34.9 Å². The Morgan fingerprint density at radius 3 is 2.76 bits per heavy atom. The van der Waals surface area contributed by atoms with Crippen LogP contribution in [0.25, 0.3) is 0 Å². The van der Waals surface area contributed by atoms with E-state index in [0.29, 0.717) is 11.0 Å². The molecule has 2 rings (SSSR count). The van der Waals surface area contributed by atoms with Crippen LogP contribution in [0, 0.1) is 6.92 Å². The highest BCUT2D eigenvalue weighted by atomic mass is 79.9. The molecule has 0 aliphatic heterocycles. The molecule has 2 aromatic heterocycles. The van der Waals surface area contributed by atoms with E-state index in [1.807, 2.05) is 13.0 Å². The molecule has 88 valence electrons. The van der Waals surface area contributed by atoms with Crippen LogP contribution in [0.15, 0.2) is 44.5 Å². The maximum absolute atomic E-state index is 11.9. The van der Waals surface area contributed by atoms with Crippen LogP contribution in [0.2, 0.25) is 0 Å². The summed E-state index contributed by atoms with van der Waals surface area (Å²) in [7, 11) is 0. The van der Waals surface area contributed by atoms with Gasteiger partial charge < -0.3 is 4.57 Å². The van der Waals surface area contributed by atoms with E-state index in [0.717, 1.165) is 15.6 Å². The highest BCUT2D eigenvalue weighted by molar-refractivity contribution is 9.11. The Labute approximate surface area is 116 Å². The normalized spacial score (nSPS) is 10.5. The lowest BCUT2D eigenvalue weighted by Crippen LogP contribution is -2.20. The van der Waals surface area contributed by atoms with Crippen molar-refractivity contribution in [1.29, 1.82) is 0 Å². The van der Waals surface area contributed by atoms with Crippen LogP contribution in [0.1, 0.15) is 11.1 Å². The van der Waals surface area contributed by atoms with Gasteiger partial charge >= 0.3 is 0 Å². The smallest absolute Gasteiger partial charge is 0.265 e. The van der Waals surface area contributed by atoms with E-state index in [-0.39, 0.29) is 5.56 Å². The summed E-state index contributed by atoms with van der Waals surface area (Å²) in [5.41, 5.74) is 2.05. The molecule has 0 N–H and O–H groups in total. The molecule has 0 bridgehead atoms. The Bertz CT molecular complexity index is 608. The van der Waals surface area contributed by atoms with Crippen molar-refractivity contribution in [2.45, 2.75) is 13.5 Å². The molecular formula is C12H10Br2N2O. The van der Waals surface area contributed by atoms with Crippen LogP contribution in [0.5, 0.6) is 0 Å². The molecule has 0 amide bonds. The second-order valence-electron chi connectivity index (χ2n) is 3.81. The molecule has 17 heavy (non-hydrogen) atoms. The van der Waals surface area contributed by atoms with Gasteiger partial charge in [-0.3, -0.25) is 9.78 Å². The lowest BCUT2D eigenvalue weighted by atomic mass is 10.2. The number of rotatable bonds is 2. The summed E-state index contributed by atoms with van der Waals surface area (Å²) in [6.45, 7) is 2.50. The Kier molecular flexibility index (Phi) is 3.79. The van der Waals surface area contributed by atoms with E-state index < -0.39 is 0 Å². The molecule has 0 radical (unpaired) electrons. The van der Waals surface area contributed by atoms with Gasteiger partial charge in [-0.1, -0.05) is 6.07 Å². The van der Waals surface area contributed by atoms with Gasteiger partial charge in [0.05, 0.1) is 11.0 Å². The second-order valence-corrected chi connectivity index (χ2v) is 5.58. The predicted octanol–water partition coefficient (Wildman–Crippen LogP) is 3.13. The molecule has 2 heterocycles. The van der Waals surface area contributed by atoms with Crippen molar-refractivity contribution < 1.29 is 0 Å². The zero-order valence-corrected chi connectivity index (χ0v) is 12.3. The van der Waals surface area contributed by atoms with Crippen molar-refractivity contribution in [1.82, 2.24) is 9.55 Å². The predicted molar refractivity (Wildman–Crippen MR) is 74.2 cm³/mol. The monoisotopic (exact) mass is 356 g/mol. The number of aromatic nitrogens is 2. The first-order valence-corrected chi connectivity index (χ1v) is 6.61. The van der Waals surface area contributed by atoms with Crippen molar-refractivity contribution >= 4 is 31.9 Å². The van der Waals surface area contributed by atoms with Crippen molar-refractivity contribution in [2.24, 2.45) is 0 Å². The third kappa shape index (κ3) is 3.04. The quantitative estimate of drug-likeness (QED) is 0.827. The minimum absolute atomic E-state index is 0.0466. The highest BCUT2D eigenvalue weighted by Crippen LogP contribution is 2.13. The van der Waals surface area contributed by atoms with Crippen molar-refractivity contribution in [3.8, 4) is 0 Å². The third-order valence-electron chi connectivity index (χ3n) is 2.29. The Morgan fingerprint density at radius 1 is 1.29 bits per heavy atom. The van der Waals surface area contributed by atoms with Crippen LogP contribution < -0.4 is 5.56 Å². The molecule has 5 heteroatoms. The molecule has 0 aliphatic rings. The maximum Gasteiger partial charge on any atom is 0.265 e. The lowest BCUT2D eigenvalue weighted by molar-refractivity contribution is 0.748. The van der Waals surface area contributed by atoms with Gasteiger partial charge in [0.2, 0.25) is 0 Å². The van der Waals surface area contributed by atoms with Crippen molar-refractivity contribution in [3.05, 3.63) is 61.1 Å². The van der Waals surface area contributed by atoms with E-state index in [4.69, 9.17) is 0 Å². The molecule has 0 saturated carbocycles. The Morgan fingerprint density at radius 2 is 2.06 bits per heavy atom. The van der Waals surface area contributed by atoms with E-state index in [1.54, 1.807) is 29.2 Å². The summed E-state index contributed by atoms with van der Waals surface area (Å²) in [4.78, 5) is 16.0. The average Bonchev–Trinajstić information content (AvgIpc) is 2.25. The fourth-order valence-electron chi connectivity index (χ4n) is 1.58. The molecule has 0 aliphatic carbocycles. The van der Waals surface area contributed by atoms with Crippen LogP contribution in [0.3, 0.4) is 0 Å². The first-order valence-electron chi connectivity index (χ1n) is 5.02. The van der Waals surface area contributed by atoms with Gasteiger partial charge in [-0.25, -0.2) is 0 Å². The zero-order valence-electron chi connectivity index (χ0n) is 9.15. The standard InChI is InChI=1S/C12H10Br2N2O/c1-8-2-9(5-15-4-8)6-16-7-10(13)3-11(14)12(16)17/h2-5,7H,6H2,1H3. The van der Waals surface area contributed by atoms with Crippen LogP contribution >= 0.6 is 31.9 Å². The fraction of sp³-hybridized carbons (Fsp3) is 0.167. The van der Waals surface area contributed by atoms with Gasteiger partial charge in [-0.05, 0) is 56.0 Å². The Hall–Kier alpha value is -0.940. The molecular weight excluding hydrogens is 348 g/mol. The first kappa shape index (κ1) is 12.5. The maximum atomic E-state index is 11.9. The summed E-state index contributed by atoms with van der Waals surface area (Å²) >= 11 is 6.62. The minimum Gasteiger partial charge on any atom is -0.309 e. The number of nitrogens with zero attached hydrogens (tertiary/aromatic N) is 2.